The van der Waals surface area contributed by atoms with Crippen LogP contribution < -0.4 is 4.74 Å². The molecule has 0 amide bonds. The van der Waals surface area contributed by atoms with Crippen LogP contribution in [0.15, 0.2) is 18.2 Å². The molecule has 2 atom stereocenters. The molecule has 1 nitrogen and oxygen atoms in total. The second-order valence-electron chi connectivity index (χ2n) is 4.80. The molecule has 0 radical (unpaired) electrons. The summed E-state index contributed by atoms with van der Waals surface area (Å²) in [7, 11) is 0. The van der Waals surface area contributed by atoms with Crippen molar-refractivity contribution in [1.82, 2.24) is 0 Å². The molecule has 1 aromatic carbocycles. The van der Waals surface area contributed by atoms with Gasteiger partial charge in [0, 0.05) is 10.2 Å². The van der Waals surface area contributed by atoms with E-state index >= 15 is 0 Å². The second kappa shape index (κ2) is 5.38. The van der Waals surface area contributed by atoms with Crippen molar-refractivity contribution in [3.63, 3.8) is 0 Å². The van der Waals surface area contributed by atoms with Gasteiger partial charge in [-0.2, -0.15) is 0 Å². The van der Waals surface area contributed by atoms with Crippen LogP contribution in [0, 0.1) is 11.2 Å². The molecular formula is C14H17BrClFO. The van der Waals surface area contributed by atoms with Crippen LogP contribution in [0.25, 0.3) is 0 Å². The zero-order valence-electron chi connectivity index (χ0n) is 10.6. The SMILES string of the molecule is CCC1(CC)C(Br)CC1Oc1c(F)cccc1Cl. The molecule has 0 spiro atoms. The minimum absolute atomic E-state index is 0.0336. The van der Waals surface area contributed by atoms with E-state index in [1.54, 1.807) is 12.1 Å². The Morgan fingerprint density at radius 2 is 2.11 bits per heavy atom. The summed E-state index contributed by atoms with van der Waals surface area (Å²) >= 11 is 9.68. The van der Waals surface area contributed by atoms with E-state index in [0.717, 1.165) is 19.3 Å². The summed E-state index contributed by atoms with van der Waals surface area (Å²) in [5, 5.41) is 0.342. The van der Waals surface area contributed by atoms with Crippen molar-refractivity contribution in [1.29, 1.82) is 0 Å². The van der Waals surface area contributed by atoms with Crippen LogP contribution in [-0.2, 0) is 0 Å². The topological polar surface area (TPSA) is 9.23 Å². The van der Waals surface area contributed by atoms with Crippen LogP contribution in [0.2, 0.25) is 5.02 Å². The molecule has 1 saturated carbocycles. The lowest BCUT2D eigenvalue weighted by Crippen LogP contribution is -2.56. The van der Waals surface area contributed by atoms with E-state index in [4.69, 9.17) is 16.3 Å². The van der Waals surface area contributed by atoms with Gasteiger partial charge in [0.25, 0.3) is 0 Å². The van der Waals surface area contributed by atoms with Gasteiger partial charge in [0.15, 0.2) is 11.6 Å². The highest BCUT2D eigenvalue weighted by atomic mass is 79.9. The van der Waals surface area contributed by atoms with Crippen molar-refractivity contribution in [2.75, 3.05) is 0 Å². The first kappa shape index (κ1) is 14.1. The zero-order valence-corrected chi connectivity index (χ0v) is 12.9. The first-order chi connectivity index (χ1) is 8.55. The van der Waals surface area contributed by atoms with Gasteiger partial charge in [-0.05, 0) is 31.4 Å². The Morgan fingerprint density at radius 3 is 2.61 bits per heavy atom. The van der Waals surface area contributed by atoms with E-state index in [9.17, 15) is 4.39 Å². The highest BCUT2D eigenvalue weighted by Crippen LogP contribution is 2.53. The van der Waals surface area contributed by atoms with Gasteiger partial charge in [0.2, 0.25) is 0 Å². The molecule has 4 heteroatoms. The summed E-state index contributed by atoms with van der Waals surface area (Å²) in [4.78, 5) is 0.440. The summed E-state index contributed by atoms with van der Waals surface area (Å²) in [5.74, 6) is -0.198. The number of rotatable bonds is 4. The summed E-state index contributed by atoms with van der Waals surface area (Å²) in [5.41, 5.74) is 0.0889. The minimum Gasteiger partial charge on any atom is -0.485 e. The van der Waals surface area contributed by atoms with E-state index in [1.807, 2.05) is 0 Å². The van der Waals surface area contributed by atoms with Crippen molar-refractivity contribution in [2.24, 2.45) is 5.41 Å². The van der Waals surface area contributed by atoms with Gasteiger partial charge in [-0.3, -0.25) is 0 Å². The van der Waals surface area contributed by atoms with Gasteiger partial charge in [-0.25, -0.2) is 4.39 Å². The molecule has 0 heterocycles. The molecule has 0 bridgehead atoms. The van der Waals surface area contributed by atoms with Gasteiger partial charge < -0.3 is 4.74 Å². The summed E-state index contributed by atoms with van der Waals surface area (Å²) in [6.07, 6.45) is 2.95. The molecule has 0 N–H and O–H groups in total. The quantitative estimate of drug-likeness (QED) is 0.687. The van der Waals surface area contributed by atoms with E-state index in [2.05, 4.69) is 29.8 Å². The fraction of sp³-hybridized carbons (Fsp3) is 0.571. The number of hydrogen-bond donors (Lipinski definition) is 0. The van der Waals surface area contributed by atoms with Crippen molar-refractivity contribution < 1.29 is 9.13 Å². The molecule has 100 valence electrons. The fourth-order valence-electron chi connectivity index (χ4n) is 2.75. The predicted octanol–water partition coefficient (Wildman–Crippen LogP) is 5.20. The monoisotopic (exact) mass is 334 g/mol. The molecule has 1 aliphatic rings. The predicted molar refractivity (Wildman–Crippen MR) is 76.2 cm³/mol. The van der Waals surface area contributed by atoms with Crippen LogP contribution in [0.3, 0.4) is 0 Å². The van der Waals surface area contributed by atoms with Crippen LogP contribution in [0.5, 0.6) is 5.75 Å². The Bertz CT molecular complexity index is 414. The van der Waals surface area contributed by atoms with Gasteiger partial charge in [0.05, 0.1) is 5.02 Å². The van der Waals surface area contributed by atoms with Gasteiger partial charge in [0.1, 0.15) is 6.10 Å². The van der Waals surface area contributed by atoms with Gasteiger partial charge >= 0.3 is 0 Å². The first-order valence-electron chi connectivity index (χ1n) is 6.30. The van der Waals surface area contributed by atoms with Crippen molar-refractivity contribution in [3.8, 4) is 5.75 Å². The smallest absolute Gasteiger partial charge is 0.173 e. The maximum absolute atomic E-state index is 13.7. The molecule has 1 fully saturated rings. The number of para-hydroxylation sites is 1. The Labute approximate surface area is 121 Å². The highest BCUT2D eigenvalue weighted by Gasteiger charge is 2.53. The van der Waals surface area contributed by atoms with E-state index in [-0.39, 0.29) is 23.1 Å². The molecule has 2 unspecified atom stereocenters. The third-order valence-corrected chi connectivity index (χ3v) is 5.76. The Hall–Kier alpha value is -0.280. The van der Waals surface area contributed by atoms with Gasteiger partial charge in [-0.15, -0.1) is 0 Å². The lowest BCUT2D eigenvalue weighted by atomic mass is 9.62. The van der Waals surface area contributed by atoms with E-state index in [0.29, 0.717) is 9.85 Å². The summed E-state index contributed by atoms with van der Waals surface area (Å²) in [6, 6.07) is 4.63. The Morgan fingerprint density at radius 1 is 1.44 bits per heavy atom. The number of hydrogen-bond acceptors (Lipinski definition) is 1. The molecule has 2 rings (SSSR count). The average molecular weight is 336 g/mol. The molecule has 0 aromatic heterocycles. The van der Waals surface area contributed by atoms with Crippen molar-refractivity contribution >= 4 is 27.5 Å². The molecule has 0 aliphatic heterocycles. The number of alkyl halides is 1. The molecule has 18 heavy (non-hydrogen) atoms. The first-order valence-corrected chi connectivity index (χ1v) is 7.59. The summed E-state index contributed by atoms with van der Waals surface area (Å²) in [6.45, 7) is 4.30. The standard InChI is InChI=1S/C14H17BrClFO/c1-3-14(4-2)11(15)8-12(14)18-13-9(16)6-5-7-10(13)17/h5-7,11-12H,3-4,8H2,1-2H3. The Balaban J connectivity index is 2.20. The number of ether oxygens (including phenoxy) is 1. The second-order valence-corrected chi connectivity index (χ2v) is 6.31. The third-order valence-electron chi connectivity index (χ3n) is 4.18. The minimum atomic E-state index is -0.387. The Kier molecular flexibility index (Phi) is 4.22. The lowest BCUT2D eigenvalue weighted by molar-refractivity contribution is -0.0429. The molecule has 1 aliphatic carbocycles. The van der Waals surface area contributed by atoms with E-state index < -0.39 is 0 Å². The fourth-order valence-corrected chi connectivity index (χ4v) is 4.24. The maximum Gasteiger partial charge on any atom is 0.173 e. The normalized spacial score (nSPS) is 25.6. The van der Waals surface area contributed by atoms with Crippen LogP contribution >= 0.6 is 27.5 Å². The summed E-state index contributed by atoms with van der Waals surface area (Å²) < 4.78 is 19.6. The molecular weight excluding hydrogens is 319 g/mol. The van der Waals surface area contributed by atoms with Crippen molar-refractivity contribution in [2.45, 2.75) is 44.0 Å². The maximum atomic E-state index is 13.7. The highest BCUT2D eigenvalue weighted by molar-refractivity contribution is 9.09. The number of halogens is 3. The zero-order chi connectivity index (χ0) is 13.3. The third kappa shape index (κ3) is 2.16. The van der Waals surface area contributed by atoms with Crippen LogP contribution in [0.4, 0.5) is 4.39 Å². The van der Waals surface area contributed by atoms with Crippen LogP contribution in [0.1, 0.15) is 33.1 Å². The molecule has 0 saturated heterocycles. The molecule has 1 aromatic rings. The van der Waals surface area contributed by atoms with Gasteiger partial charge in [-0.1, -0.05) is 47.4 Å². The number of benzene rings is 1. The van der Waals surface area contributed by atoms with Crippen LogP contribution in [-0.4, -0.2) is 10.9 Å². The lowest BCUT2D eigenvalue weighted by Gasteiger charge is -2.52. The van der Waals surface area contributed by atoms with E-state index in [1.165, 1.54) is 6.07 Å². The van der Waals surface area contributed by atoms with Crippen molar-refractivity contribution in [3.05, 3.63) is 29.0 Å². The average Bonchev–Trinajstić information content (AvgIpc) is 2.34. The largest absolute Gasteiger partial charge is 0.485 e.